The molecule has 0 amide bonds. The molecule has 1 unspecified atom stereocenters. The van der Waals surface area contributed by atoms with E-state index >= 15 is 0 Å². The van der Waals surface area contributed by atoms with Crippen molar-refractivity contribution in [1.29, 1.82) is 0 Å². The summed E-state index contributed by atoms with van der Waals surface area (Å²) in [5.74, 6) is 0. The van der Waals surface area contributed by atoms with Crippen LogP contribution in [0.4, 0.5) is 0 Å². The topological polar surface area (TPSA) is 61.4 Å². The van der Waals surface area contributed by atoms with Crippen LogP contribution in [-0.2, 0) is 16.6 Å². The van der Waals surface area contributed by atoms with E-state index in [0.29, 0.717) is 21.8 Å². The minimum atomic E-state index is -3.47. The van der Waals surface area contributed by atoms with Gasteiger partial charge in [0.1, 0.15) is 4.90 Å². The summed E-state index contributed by atoms with van der Waals surface area (Å²) in [7, 11) is 0.385. The van der Waals surface area contributed by atoms with Gasteiger partial charge in [0.05, 0.1) is 3.79 Å². The summed E-state index contributed by atoms with van der Waals surface area (Å²) in [6.45, 7) is 6.09. The molecule has 0 spiro atoms. The number of thiophene rings is 1. The van der Waals surface area contributed by atoms with Crippen molar-refractivity contribution in [2.45, 2.75) is 37.8 Å². The maximum atomic E-state index is 12.3. The van der Waals surface area contributed by atoms with E-state index in [1.165, 1.54) is 11.3 Å². The van der Waals surface area contributed by atoms with Gasteiger partial charge in [0.15, 0.2) is 0 Å². The first-order valence-electron chi connectivity index (χ1n) is 6.93. The Kier molecular flexibility index (Phi) is 7.80. The molecule has 21 heavy (non-hydrogen) atoms. The average Bonchev–Trinajstić information content (AvgIpc) is 2.78. The van der Waals surface area contributed by atoms with Gasteiger partial charge in [-0.2, -0.15) is 0 Å². The first-order valence-corrected chi connectivity index (χ1v) is 10.0. The van der Waals surface area contributed by atoms with Crippen LogP contribution < -0.4 is 10.0 Å². The Hall–Kier alpha value is 0.01000. The van der Waals surface area contributed by atoms with E-state index in [1.807, 2.05) is 25.9 Å². The van der Waals surface area contributed by atoms with E-state index in [1.54, 1.807) is 6.07 Å². The Bertz CT molecular complexity index is 544. The predicted molar refractivity (Wildman–Crippen MR) is 92.4 cm³/mol. The largest absolute Gasteiger partial charge is 0.312 e. The zero-order chi connectivity index (χ0) is 16.0. The van der Waals surface area contributed by atoms with Crippen molar-refractivity contribution >= 4 is 37.3 Å². The number of halogens is 1. The third kappa shape index (κ3) is 5.96. The summed E-state index contributed by atoms with van der Waals surface area (Å²) in [5.41, 5.74) is 0. The van der Waals surface area contributed by atoms with Crippen LogP contribution in [0.15, 0.2) is 14.7 Å². The summed E-state index contributed by atoms with van der Waals surface area (Å²) >= 11 is 4.82. The molecule has 0 aliphatic heterocycles. The molecule has 1 heterocycles. The number of hydrogen-bond acceptors (Lipinski definition) is 5. The fraction of sp³-hybridized carbons (Fsp3) is 0.692. The second kappa shape index (κ2) is 8.59. The molecule has 0 radical (unpaired) electrons. The molecular formula is C13H24BrN3O2S2. The first-order chi connectivity index (χ1) is 9.77. The molecule has 1 atom stereocenters. The van der Waals surface area contributed by atoms with Crippen LogP contribution in [0.25, 0.3) is 0 Å². The van der Waals surface area contributed by atoms with Crippen LogP contribution >= 0.6 is 27.3 Å². The SMILES string of the molecule is CCCNCc1cc(S(=O)(=O)NCC(C)N(C)C)c(Br)s1. The van der Waals surface area contributed by atoms with Crippen molar-refractivity contribution in [3.63, 3.8) is 0 Å². The van der Waals surface area contributed by atoms with Crippen LogP contribution in [0, 0.1) is 0 Å². The van der Waals surface area contributed by atoms with Crippen LogP contribution in [0.5, 0.6) is 0 Å². The van der Waals surface area contributed by atoms with Crippen molar-refractivity contribution < 1.29 is 8.42 Å². The lowest BCUT2D eigenvalue weighted by Gasteiger charge is -2.19. The molecule has 0 aliphatic carbocycles. The van der Waals surface area contributed by atoms with Crippen LogP contribution in [0.2, 0.25) is 0 Å². The van der Waals surface area contributed by atoms with E-state index in [9.17, 15) is 8.42 Å². The van der Waals surface area contributed by atoms with Crippen LogP contribution in [-0.4, -0.2) is 46.5 Å². The van der Waals surface area contributed by atoms with Gasteiger partial charge in [0.2, 0.25) is 10.0 Å². The summed E-state index contributed by atoms with van der Waals surface area (Å²) in [6, 6.07) is 1.88. The maximum Gasteiger partial charge on any atom is 0.242 e. The lowest BCUT2D eigenvalue weighted by Crippen LogP contribution is -2.38. The lowest BCUT2D eigenvalue weighted by molar-refractivity contribution is 0.314. The van der Waals surface area contributed by atoms with Gasteiger partial charge in [-0.3, -0.25) is 0 Å². The second-order valence-corrected chi connectivity index (χ2v) is 9.38. The van der Waals surface area contributed by atoms with Crippen molar-refractivity contribution in [3.8, 4) is 0 Å². The molecule has 122 valence electrons. The molecule has 0 aliphatic rings. The average molecular weight is 398 g/mol. The van der Waals surface area contributed by atoms with Crippen LogP contribution in [0.3, 0.4) is 0 Å². The zero-order valence-corrected chi connectivity index (χ0v) is 16.2. The highest BCUT2D eigenvalue weighted by Crippen LogP contribution is 2.31. The van der Waals surface area contributed by atoms with Gasteiger partial charge in [-0.05, 0) is 56.0 Å². The highest BCUT2D eigenvalue weighted by atomic mass is 79.9. The summed E-state index contributed by atoms with van der Waals surface area (Å²) < 4.78 is 28.0. The highest BCUT2D eigenvalue weighted by Gasteiger charge is 2.21. The van der Waals surface area contributed by atoms with E-state index in [0.717, 1.165) is 17.8 Å². The standard InChI is InChI=1S/C13H24BrN3O2S2/c1-5-6-15-9-11-7-12(13(14)20-11)21(18,19)16-8-10(2)17(3)4/h7,10,15-16H,5-6,8-9H2,1-4H3. The molecule has 0 saturated carbocycles. The molecule has 8 heteroatoms. The van der Waals surface area contributed by atoms with Crippen molar-refractivity contribution in [1.82, 2.24) is 14.9 Å². The minimum Gasteiger partial charge on any atom is -0.312 e. The number of likely N-dealkylation sites (N-methyl/N-ethyl adjacent to an activating group) is 1. The van der Waals surface area contributed by atoms with Gasteiger partial charge >= 0.3 is 0 Å². The third-order valence-electron chi connectivity index (χ3n) is 3.17. The van der Waals surface area contributed by atoms with Gasteiger partial charge in [-0.15, -0.1) is 11.3 Å². The summed E-state index contributed by atoms with van der Waals surface area (Å²) in [6.07, 6.45) is 1.06. The highest BCUT2D eigenvalue weighted by molar-refractivity contribution is 9.11. The van der Waals surface area contributed by atoms with Gasteiger partial charge in [-0.25, -0.2) is 13.1 Å². The lowest BCUT2D eigenvalue weighted by atomic mass is 10.3. The van der Waals surface area contributed by atoms with Gasteiger partial charge < -0.3 is 10.2 Å². The third-order valence-corrected chi connectivity index (χ3v) is 6.85. The zero-order valence-electron chi connectivity index (χ0n) is 12.9. The van der Waals surface area contributed by atoms with Crippen molar-refractivity contribution in [3.05, 3.63) is 14.7 Å². The van der Waals surface area contributed by atoms with Gasteiger partial charge in [0, 0.05) is 24.0 Å². The van der Waals surface area contributed by atoms with Crippen molar-refractivity contribution in [2.75, 3.05) is 27.2 Å². The smallest absolute Gasteiger partial charge is 0.242 e. The fourth-order valence-corrected chi connectivity index (χ4v) is 5.32. The van der Waals surface area contributed by atoms with Crippen LogP contribution in [0.1, 0.15) is 25.1 Å². The minimum absolute atomic E-state index is 0.142. The Morgan fingerprint density at radius 2 is 2.10 bits per heavy atom. The number of sulfonamides is 1. The maximum absolute atomic E-state index is 12.3. The molecule has 2 N–H and O–H groups in total. The molecule has 1 aromatic heterocycles. The molecule has 1 aromatic rings. The van der Waals surface area contributed by atoms with E-state index in [2.05, 4.69) is 32.9 Å². The van der Waals surface area contributed by atoms with E-state index in [-0.39, 0.29) is 6.04 Å². The number of hydrogen-bond donors (Lipinski definition) is 2. The first kappa shape index (κ1) is 19.1. The molecule has 0 fully saturated rings. The molecule has 0 bridgehead atoms. The van der Waals surface area contributed by atoms with E-state index < -0.39 is 10.0 Å². The normalized spacial score (nSPS) is 13.8. The molecule has 5 nitrogen and oxygen atoms in total. The monoisotopic (exact) mass is 397 g/mol. The van der Waals surface area contributed by atoms with Gasteiger partial charge in [-0.1, -0.05) is 6.92 Å². The van der Waals surface area contributed by atoms with Gasteiger partial charge in [0.25, 0.3) is 0 Å². The molecule has 1 rings (SSSR count). The van der Waals surface area contributed by atoms with E-state index in [4.69, 9.17) is 0 Å². The Labute approximate surface area is 140 Å². The quantitative estimate of drug-likeness (QED) is 0.627. The Balaban J connectivity index is 2.74. The number of nitrogens with one attached hydrogen (secondary N) is 2. The fourth-order valence-electron chi connectivity index (χ4n) is 1.55. The Morgan fingerprint density at radius 1 is 1.43 bits per heavy atom. The second-order valence-electron chi connectivity index (χ2n) is 5.19. The Morgan fingerprint density at radius 3 is 2.67 bits per heavy atom. The summed E-state index contributed by atoms with van der Waals surface area (Å²) in [5, 5.41) is 3.28. The van der Waals surface area contributed by atoms with Crippen molar-refractivity contribution in [2.24, 2.45) is 0 Å². The molecule has 0 saturated heterocycles. The predicted octanol–water partition coefficient (Wildman–Crippen LogP) is 2.24. The molecular weight excluding hydrogens is 374 g/mol. The number of rotatable bonds is 9. The number of nitrogens with zero attached hydrogens (tertiary/aromatic N) is 1. The summed E-state index contributed by atoms with van der Waals surface area (Å²) in [4.78, 5) is 3.31. The molecule has 0 aromatic carbocycles.